The Bertz CT molecular complexity index is 710. The monoisotopic (exact) mass is 315 g/mol. The Kier molecular flexibility index (Phi) is 4.41. The van der Waals surface area contributed by atoms with E-state index in [1.807, 2.05) is 0 Å². The number of hydrogen-bond acceptors (Lipinski definition) is 2. The largest absolute Gasteiger partial charge is 0.357 e. The molecule has 0 unspecified atom stereocenters. The summed E-state index contributed by atoms with van der Waals surface area (Å²) in [4.78, 5) is 2.46. The smallest absolute Gasteiger partial charge is 0.137 e. The van der Waals surface area contributed by atoms with Crippen molar-refractivity contribution in [2.75, 3.05) is 6.61 Å². The molecule has 120 valence electrons. The molecular weight excluding hydrogens is 294 g/mol. The van der Waals surface area contributed by atoms with Crippen LogP contribution in [0.4, 0.5) is 0 Å². The predicted molar refractivity (Wildman–Crippen MR) is 96.3 cm³/mol. The molecule has 0 amide bonds. The van der Waals surface area contributed by atoms with E-state index in [4.69, 9.17) is 4.74 Å². The van der Waals surface area contributed by atoms with Crippen LogP contribution < -0.4 is 0 Å². The van der Waals surface area contributed by atoms with Crippen LogP contribution >= 0.6 is 0 Å². The van der Waals surface area contributed by atoms with Crippen molar-refractivity contribution >= 4 is 0 Å². The minimum atomic E-state index is -0.00314. The van der Waals surface area contributed by atoms with Crippen molar-refractivity contribution < 1.29 is 4.74 Å². The Hall–Kier alpha value is -2.42. The van der Waals surface area contributed by atoms with Crippen LogP contribution in [0.3, 0.4) is 0 Å². The fraction of sp³-hybridized carbons (Fsp3) is 0.182. The molecule has 1 heterocycles. The summed E-state index contributed by atoms with van der Waals surface area (Å²) in [7, 11) is 0. The summed E-state index contributed by atoms with van der Waals surface area (Å²) in [5, 5.41) is 0. The van der Waals surface area contributed by atoms with Crippen LogP contribution in [0.1, 0.15) is 29.0 Å². The maximum Gasteiger partial charge on any atom is 0.137 e. The maximum absolute atomic E-state index is 6.22. The summed E-state index contributed by atoms with van der Waals surface area (Å²) in [5.41, 5.74) is 3.84. The van der Waals surface area contributed by atoms with E-state index in [0.717, 1.165) is 13.2 Å². The van der Waals surface area contributed by atoms with Crippen molar-refractivity contribution in [2.24, 2.45) is 0 Å². The molecule has 1 fully saturated rings. The Morgan fingerprint density at radius 2 is 1.25 bits per heavy atom. The zero-order valence-electron chi connectivity index (χ0n) is 13.6. The first-order chi connectivity index (χ1) is 11.9. The van der Waals surface area contributed by atoms with E-state index < -0.39 is 0 Å². The lowest BCUT2D eigenvalue weighted by Gasteiger charge is -2.28. The molecule has 0 saturated carbocycles. The molecule has 0 aromatic heterocycles. The van der Waals surface area contributed by atoms with Crippen molar-refractivity contribution in [3.8, 4) is 0 Å². The number of benzene rings is 3. The van der Waals surface area contributed by atoms with Gasteiger partial charge in [0.1, 0.15) is 6.23 Å². The maximum atomic E-state index is 6.22. The van der Waals surface area contributed by atoms with E-state index >= 15 is 0 Å². The average Bonchev–Trinajstić information content (AvgIpc) is 3.07. The van der Waals surface area contributed by atoms with Gasteiger partial charge in [-0.1, -0.05) is 91.0 Å². The molecular formula is C22H21NO. The first-order valence-corrected chi connectivity index (χ1v) is 8.43. The lowest BCUT2D eigenvalue weighted by molar-refractivity contribution is 0.0246. The standard InChI is InChI=1S/C22H21NO/c1-4-10-18(11-5-1)16-23-21(19-12-6-2-7-13-19)17-24-22(23)20-14-8-3-9-15-20/h1-15,21-22H,16-17H2/t21-,22+/m0/s1. The number of hydrogen-bond donors (Lipinski definition) is 0. The van der Waals surface area contributed by atoms with Crippen molar-refractivity contribution in [3.63, 3.8) is 0 Å². The van der Waals surface area contributed by atoms with Gasteiger partial charge in [0.15, 0.2) is 0 Å². The topological polar surface area (TPSA) is 12.5 Å². The summed E-state index contributed by atoms with van der Waals surface area (Å²) in [6, 6.07) is 32.1. The van der Waals surface area contributed by atoms with Crippen LogP contribution in [0, 0.1) is 0 Å². The van der Waals surface area contributed by atoms with Crippen LogP contribution in [-0.4, -0.2) is 11.5 Å². The van der Waals surface area contributed by atoms with Crippen LogP contribution in [0.25, 0.3) is 0 Å². The molecule has 2 atom stereocenters. The summed E-state index contributed by atoms with van der Waals surface area (Å²) in [5.74, 6) is 0. The van der Waals surface area contributed by atoms with Crippen molar-refractivity contribution in [1.82, 2.24) is 4.90 Å². The third-order valence-electron chi connectivity index (χ3n) is 4.59. The number of rotatable bonds is 4. The van der Waals surface area contributed by atoms with E-state index in [1.54, 1.807) is 0 Å². The van der Waals surface area contributed by atoms with Crippen LogP contribution in [-0.2, 0) is 11.3 Å². The Morgan fingerprint density at radius 3 is 1.88 bits per heavy atom. The van der Waals surface area contributed by atoms with E-state index in [-0.39, 0.29) is 12.3 Å². The SMILES string of the molecule is c1ccc(CN2[C@@H](c3ccccc3)OC[C@H]2c2ccccc2)cc1. The quantitative estimate of drug-likeness (QED) is 0.675. The fourth-order valence-electron chi connectivity index (χ4n) is 3.39. The van der Waals surface area contributed by atoms with E-state index in [0.29, 0.717) is 0 Å². The first-order valence-electron chi connectivity index (χ1n) is 8.43. The normalized spacial score (nSPS) is 21.0. The lowest BCUT2D eigenvalue weighted by atomic mass is 10.0. The summed E-state index contributed by atoms with van der Waals surface area (Å²) in [6.07, 6.45) is -0.00314. The zero-order chi connectivity index (χ0) is 16.2. The zero-order valence-corrected chi connectivity index (χ0v) is 13.6. The highest BCUT2D eigenvalue weighted by molar-refractivity contribution is 5.25. The fourth-order valence-corrected chi connectivity index (χ4v) is 3.39. The average molecular weight is 315 g/mol. The Balaban J connectivity index is 1.67. The second-order valence-electron chi connectivity index (χ2n) is 6.18. The minimum absolute atomic E-state index is 0.00314. The minimum Gasteiger partial charge on any atom is -0.357 e. The molecule has 4 rings (SSSR count). The molecule has 1 aliphatic heterocycles. The molecule has 1 aliphatic rings. The van der Waals surface area contributed by atoms with E-state index in [2.05, 4.69) is 95.9 Å². The molecule has 24 heavy (non-hydrogen) atoms. The number of ether oxygens (including phenoxy) is 1. The van der Waals surface area contributed by atoms with Gasteiger partial charge in [-0.3, -0.25) is 4.90 Å². The Labute approximate surface area is 143 Å². The van der Waals surface area contributed by atoms with Crippen LogP contribution in [0.2, 0.25) is 0 Å². The predicted octanol–water partition coefficient (Wildman–Crippen LogP) is 4.96. The summed E-state index contributed by atoms with van der Waals surface area (Å²) in [6.45, 7) is 1.59. The van der Waals surface area contributed by atoms with Gasteiger partial charge in [0.05, 0.1) is 12.6 Å². The van der Waals surface area contributed by atoms with Crippen LogP contribution in [0.15, 0.2) is 91.0 Å². The second-order valence-corrected chi connectivity index (χ2v) is 6.18. The highest BCUT2D eigenvalue weighted by Gasteiger charge is 2.36. The molecule has 3 aromatic rings. The molecule has 0 spiro atoms. The summed E-state index contributed by atoms with van der Waals surface area (Å²) >= 11 is 0. The molecule has 0 radical (unpaired) electrons. The third-order valence-corrected chi connectivity index (χ3v) is 4.59. The molecule has 0 N–H and O–H groups in total. The van der Waals surface area contributed by atoms with Gasteiger partial charge in [0, 0.05) is 6.54 Å². The molecule has 2 nitrogen and oxygen atoms in total. The van der Waals surface area contributed by atoms with Gasteiger partial charge in [-0.15, -0.1) is 0 Å². The van der Waals surface area contributed by atoms with Gasteiger partial charge in [0.2, 0.25) is 0 Å². The highest BCUT2D eigenvalue weighted by atomic mass is 16.5. The summed E-state index contributed by atoms with van der Waals surface area (Å²) < 4.78 is 6.22. The molecule has 0 aliphatic carbocycles. The lowest BCUT2D eigenvalue weighted by Crippen LogP contribution is -2.26. The highest BCUT2D eigenvalue weighted by Crippen LogP contribution is 2.39. The molecule has 0 bridgehead atoms. The van der Waals surface area contributed by atoms with Gasteiger partial charge in [0.25, 0.3) is 0 Å². The van der Waals surface area contributed by atoms with E-state index in [9.17, 15) is 0 Å². The van der Waals surface area contributed by atoms with Gasteiger partial charge in [-0.2, -0.15) is 0 Å². The third kappa shape index (κ3) is 3.12. The molecule has 3 aromatic carbocycles. The van der Waals surface area contributed by atoms with Gasteiger partial charge in [-0.05, 0) is 16.7 Å². The van der Waals surface area contributed by atoms with Gasteiger partial charge in [-0.25, -0.2) is 0 Å². The van der Waals surface area contributed by atoms with Crippen LogP contribution in [0.5, 0.6) is 0 Å². The van der Waals surface area contributed by atoms with Gasteiger partial charge >= 0.3 is 0 Å². The molecule has 1 saturated heterocycles. The van der Waals surface area contributed by atoms with Gasteiger partial charge < -0.3 is 4.74 Å². The molecule has 2 heteroatoms. The van der Waals surface area contributed by atoms with E-state index in [1.165, 1.54) is 16.7 Å². The van der Waals surface area contributed by atoms with Crippen molar-refractivity contribution in [3.05, 3.63) is 108 Å². The second kappa shape index (κ2) is 7.00. The first kappa shape index (κ1) is 15.1. The Morgan fingerprint density at radius 1 is 0.708 bits per heavy atom. The van der Waals surface area contributed by atoms with Crippen molar-refractivity contribution in [2.45, 2.75) is 18.8 Å². The number of nitrogens with zero attached hydrogens (tertiary/aromatic N) is 1. The van der Waals surface area contributed by atoms with Crippen molar-refractivity contribution in [1.29, 1.82) is 0 Å².